The van der Waals surface area contributed by atoms with Gasteiger partial charge in [-0.15, -0.1) is 0 Å². The van der Waals surface area contributed by atoms with Gasteiger partial charge < -0.3 is 15.4 Å². The zero-order valence-electron chi connectivity index (χ0n) is 11.1. The molecule has 0 aromatic heterocycles. The van der Waals surface area contributed by atoms with E-state index in [9.17, 15) is 4.79 Å². The number of carbonyl (C=O) groups is 1. The van der Waals surface area contributed by atoms with Gasteiger partial charge in [0.15, 0.2) is 0 Å². The fourth-order valence-electron chi connectivity index (χ4n) is 1.70. The second kappa shape index (κ2) is 7.16. The highest BCUT2D eigenvalue weighted by Crippen LogP contribution is 2.27. The lowest BCUT2D eigenvalue weighted by Crippen LogP contribution is -2.24. The van der Waals surface area contributed by atoms with Gasteiger partial charge in [-0.1, -0.05) is 6.07 Å². The molecule has 1 rings (SSSR count). The summed E-state index contributed by atoms with van der Waals surface area (Å²) in [6.45, 7) is 2.99. The Morgan fingerprint density at radius 3 is 2.83 bits per heavy atom. The molecule has 100 valence electrons. The van der Waals surface area contributed by atoms with E-state index in [-0.39, 0.29) is 5.97 Å². The van der Waals surface area contributed by atoms with Gasteiger partial charge in [0.2, 0.25) is 0 Å². The van der Waals surface area contributed by atoms with E-state index < -0.39 is 0 Å². The van der Waals surface area contributed by atoms with Gasteiger partial charge in [-0.05, 0) is 25.3 Å². The Kier molecular flexibility index (Phi) is 5.85. The second-order valence-electron chi connectivity index (χ2n) is 3.88. The van der Waals surface area contributed by atoms with Crippen LogP contribution in [0.25, 0.3) is 0 Å². The molecular weight excluding hydrogens is 248 g/mol. The molecule has 5 heteroatoms. The minimum atomic E-state index is -0.323. The minimum absolute atomic E-state index is 0.323. The third-order valence-corrected chi connectivity index (χ3v) is 3.17. The molecule has 0 spiro atoms. The minimum Gasteiger partial charge on any atom is -0.462 e. The molecule has 1 aromatic carbocycles. The number of carbonyl (C=O) groups excluding carboxylic acids is 1. The Hall–Kier alpha value is -1.36. The molecule has 1 aromatic rings. The lowest BCUT2D eigenvalue weighted by atomic mass is 10.1. The van der Waals surface area contributed by atoms with Gasteiger partial charge in [-0.3, -0.25) is 0 Å². The van der Waals surface area contributed by atoms with E-state index in [1.807, 2.05) is 11.9 Å². The first-order chi connectivity index (χ1) is 8.61. The third kappa shape index (κ3) is 3.57. The quantitative estimate of drug-likeness (QED) is 0.633. The number of thioether (sulfide) groups is 1. The van der Waals surface area contributed by atoms with E-state index >= 15 is 0 Å². The van der Waals surface area contributed by atoms with Crippen LogP contribution in [-0.2, 0) is 4.74 Å². The lowest BCUT2D eigenvalue weighted by Gasteiger charge is -2.23. The largest absolute Gasteiger partial charge is 0.462 e. The topological polar surface area (TPSA) is 55.6 Å². The van der Waals surface area contributed by atoms with Crippen molar-refractivity contribution in [1.29, 1.82) is 0 Å². The van der Waals surface area contributed by atoms with Crippen LogP contribution in [0, 0.1) is 0 Å². The number of hydrogen-bond acceptors (Lipinski definition) is 5. The molecule has 0 aliphatic carbocycles. The normalized spacial score (nSPS) is 10.2. The molecule has 18 heavy (non-hydrogen) atoms. The summed E-state index contributed by atoms with van der Waals surface area (Å²) >= 11 is 1.76. The first-order valence-corrected chi connectivity index (χ1v) is 7.26. The van der Waals surface area contributed by atoms with Crippen molar-refractivity contribution in [2.45, 2.75) is 6.92 Å². The molecule has 0 unspecified atom stereocenters. The molecule has 4 nitrogen and oxygen atoms in total. The Morgan fingerprint density at radius 2 is 2.22 bits per heavy atom. The fourth-order valence-corrected chi connectivity index (χ4v) is 2.16. The summed E-state index contributed by atoms with van der Waals surface area (Å²) in [6, 6.07) is 5.32. The summed E-state index contributed by atoms with van der Waals surface area (Å²) in [7, 11) is 1.94. The molecule has 0 fully saturated rings. The van der Waals surface area contributed by atoms with Crippen molar-refractivity contribution in [1.82, 2.24) is 0 Å². The number of anilines is 2. The first-order valence-electron chi connectivity index (χ1n) is 5.87. The number of ether oxygens (including phenoxy) is 1. The van der Waals surface area contributed by atoms with Crippen LogP contribution in [0.15, 0.2) is 18.2 Å². The maximum Gasteiger partial charge on any atom is 0.340 e. The number of nitrogens with zero attached hydrogens (tertiary/aromatic N) is 1. The Balaban J connectivity index is 3.03. The van der Waals surface area contributed by atoms with Crippen LogP contribution in [0.2, 0.25) is 0 Å². The van der Waals surface area contributed by atoms with Gasteiger partial charge >= 0.3 is 5.97 Å². The molecule has 0 atom stereocenters. The average Bonchev–Trinajstić information content (AvgIpc) is 2.35. The zero-order valence-corrected chi connectivity index (χ0v) is 11.9. The predicted octanol–water partition coefficient (Wildman–Crippen LogP) is 2.24. The highest BCUT2D eigenvalue weighted by Gasteiger charge is 2.17. The molecule has 0 saturated carbocycles. The van der Waals surface area contributed by atoms with Crippen LogP contribution in [0.3, 0.4) is 0 Å². The van der Waals surface area contributed by atoms with Crippen molar-refractivity contribution >= 4 is 29.1 Å². The number of nitrogen functional groups attached to an aromatic ring is 1. The van der Waals surface area contributed by atoms with Crippen LogP contribution in [-0.4, -0.2) is 38.2 Å². The number of rotatable bonds is 6. The van der Waals surface area contributed by atoms with Gasteiger partial charge in [0.25, 0.3) is 0 Å². The van der Waals surface area contributed by atoms with Gasteiger partial charge in [0.1, 0.15) is 0 Å². The van der Waals surface area contributed by atoms with E-state index in [1.165, 1.54) is 0 Å². The number of nitrogens with two attached hydrogens (primary N) is 1. The van der Waals surface area contributed by atoms with Gasteiger partial charge in [0, 0.05) is 19.3 Å². The second-order valence-corrected chi connectivity index (χ2v) is 4.86. The summed E-state index contributed by atoms with van der Waals surface area (Å²) in [5.74, 6) is 0.656. The molecule has 0 radical (unpaired) electrons. The van der Waals surface area contributed by atoms with Gasteiger partial charge in [-0.25, -0.2) is 4.79 Å². The van der Waals surface area contributed by atoms with E-state index in [0.717, 1.165) is 18.0 Å². The van der Waals surface area contributed by atoms with Crippen LogP contribution in [0.4, 0.5) is 11.4 Å². The van der Waals surface area contributed by atoms with E-state index in [2.05, 4.69) is 6.26 Å². The zero-order chi connectivity index (χ0) is 13.5. The van der Waals surface area contributed by atoms with Crippen molar-refractivity contribution in [2.24, 2.45) is 0 Å². The molecule has 0 aliphatic rings. The molecule has 0 saturated heterocycles. The molecular formula is C13H20N2O2S. The van der Waals surface area contributed by atoms with Gasteiger partial charge in [0.05, 0.1) is 23.5 Å². The highest BCUT2D eigenvalue weighted by molar-refractivity contribution is 7.98. The van der Waals surface area contributed by atoms with Crippen molar-refractivity contribution in [3.63, 3.8) is 0 Å². The Bertz CT molecular complexity index is 410. The summed E-state index contributed by atoms with van der Waals surface area (Å²) in [5.41, 5.74) is 7.86. The number of hydrogen-bond donors (Lipinski definition) is 1. The number of benzene rings is 1. The smallest absolute Gasteiger partial charge is 0.340 e. The molecule has 0 heterocycles. The average molecular weight is 268 g/mol. The first kappa shape index (κ1) is 14.7. The highest BCUT2D eigenvalue weighted by atomic mass is 32.2. The third-order valence-electron chi connectivity index (χ3n) is 2.58. The van der Waals surface area contributed by atoms with Crippen LogP contribution >= 0.6 is 11.8 Å². The standard InChI is InChI=1S/C13H20N2O2S/c1-4-17-13(16)10-6-5-7-11(14)12(10)15(2)8-9-18-3/h5-7H,4,8-9,14H2,1-3H3. The monoisotopic (exact) mass is 268 g/mol. The summed E-state index contributed by atoms with van der Waals surface area (Å²) in [6.07, 6.45) is 2.05. The molecule has 2 N–H and O–H groups in total. The molecule has 0 aliphatic heterocycles. The Labute approximate surface area is 112 Å². The van der Waals surface area contributed by atoms with E-state index in [0.29, 0.717) is 17.9 Å². The summed E-state index contributed by atoms with van der Waals surface area (Å²) in [5, 5.41) is 0. The summed E-state index contributed by atoms with van der Waals surface area (Å²) in [4.78, 5) is 13.9. The van der Waals surface area contributed by atoms with Gasteiger partial charge in [-0.2, -0.15) is 11.8 Å². The van der Waals surface area contributed by atoms with Crippen molar-refractivity contribution in [2.75, 3.05) is 42.8 Å². The van der Waals surface area contributed by atoms with Crippen molar-refractivity contribution in [3.05, 3.63) is 23.8 Å². The van der Waals surface area contributed by atoms with Crippen molar-refractivity contribution < 1.29 is 9.53 Å². The van der Waals surface area contributed by atoms with Crippen LogP contribution in [0.5, 0.6) is 0 Å². The SMILES string of the molecule is CCOC(=O)c1cccc(N)c1N(C)CCSC. The van der Waals surface area contributed by atoms with Crippen LogP contribution in [0.1, 0.15) is 17.3 Å². The molecule has 0 bridgehead atoms. The lowest BCUT2D eigenvalue weighted by molar-refractivity contribution is 0.0527. The fraction of sp³-hybridized carbons (Fsp3) is 0.462. The van der Waals surface area contributed by atoms with E-state index in [1.54, 1.807) is 36.9 Å². The predicted molar refractivity (Wildman–Crippen MR) is 78.5 cm³/mol. The summed E-state index contributed by atoms with van der Waals surface area (Å²) < 4.78 is 5.05. The molecule has 0 amide bonds. The van der Waals surface area contributed by atoms with E-state index in [4.69, 9.17) is 10.5 Å². The maximum atomic E-state index is 11.9. The number of para-hydroxylation sites is 1. The maximum absolute atomic E-state index is 11.9. The number of esters is 1. The van der Waals surface area contributed by atoms with Crippen molar-refractivity contribution in [3.8, 4) is 0 Å². The van der Waals surface area contributed by atoms with Crippen LogP contribution < -0.4 is 10.6 Å². The Morgan fingerprint density at radius 1 is 1.50 bits per heavy atom.